The van der Waals surface area contributed by atoms with Gasteiger partial charge >= 0.3 is 0 Å². The van der Waals surface area contributed by atoms with Gasteiger partial charge in [0, 0.05) is 12.6 Å². The molecule has 0 spiro atoms. The van der Waals surface area contributed by atoms with E-state index in [-0.39, 0.29) is 30.5 Å². The largest absolute Gasteiger partial charge is 0.356 e. The van der Waals surface area contributed by atoms with Crippen LogP contribution in [0.15, 0.2) is 59.1 Å². The lowest BCUT2D eigenvalue weighted by Gasteiger charge is -2.03. The highest BCUT2D eigenvalue weighted by molar-refractivity contribution is 5.78. The Morgan fingerprint density at radius 1 is 1.08 bits per heavy atom. The Labute approximate surface area is 137 Å². The van der Waals surface area contributed by atoms with Crippen molar-refractivity contribution in [3.8, 4) is 11.3 Å². The van der Waals surface area contributed by atoms with Gasteiger partial charge < -0.3 is 9.84 Å². The van der Waals surface area contributed by atoms with Crippen molar-refractivity contribution in [1.82, 2.24) is 10.5 Å². The van der Waals surface area contributed by atoms with E-state index in [4.69, 9.17) is 4.52 Å². The van der Waals surface area contributed by atoms with Gasteiger partial charge in [-0.25, -0.2) is 8.78 Å². The van der Waals surface area contributed by atoms with Gasteiger partial charge in [0.25, 0.3) is 0 Å². The molecule has 1 aromatic heterocycles. The molecule has 0 fully saturated rings. The molecule has 122 valence electrons. The molecule has 0 saturated heterocycles. The van der Waals surface area contributed by atoms with Crippen molar-refractivity contribution in [2.45, 2.75) is 13.0 Å². The van der Waals surface area contributed by atoms with Crippen molar-refractivity contribution >= 4 is 5.91 Å². The number of benzene rings is 2. The molecule has 0 aliphatic carbocycles. The van der Waals surface area contributed by atoms with Crippen LogP contribution in [0, 0.1) is 11.6 Å². The fraction of sp³-hybridized carbons (Fsp3) is 0.111. The molecular formula is C18H14F2N2O2. The van der Waals surface area contributed by atoms with Crippen LogP contribution in [0.25, 0.3) is 11.3 Å². The summed E-state index contributed by atoms with van der Waals surface area (Å²) in [5, 5.41) is 6.50. The van der Waals surface area contributed by atoms with Crippen molar-refractivity contribution in [2.75, 3.05) is 0 Å². The Morgan fingerprint density at radius 2 is 1.83 bits per heavy atom. The SMILES string of the molecule is O=C(Cc1cc(-c2ccccc2F)on1)NCc1ccc(F)cc1. The third kappa shape index (κ3) is 3.84. The van der Waals surface area contributed by atoms with Crippen LogP contribution in [-0.4, -0.2) is 11.1 Å². The van der Waals surface area contributed by atoms with Crippen LogP contribution in [0.3, 0.4) is 0 Å². The average molecular weight is 328 g/mol. The van der Waals surface area contributed by atoms with Crippen molar-refractivity contribution in [1.29, 1.82) is 0 Å². The molecule has 0 bridgehead atoms. The Balaban J connectivity index is 1.59. The smallest absolute Gasteiger partial charge is 0.226 e. The van der Waals surface area contributed by atoms with Crippen molar-refractivity contribution in [3.05, 3.63) is 77.5 Å². The van der Waals surface area contributed by atoms with Gasteiger partial charge in [-0.05, 0) is 29.8 Å². The lowest BCUT2D eigenvalue weighted by Crippen LogP contribution is -2.24. The minimum Gasteiger partial charge on any atom is -0.356 e. The summed E-state index contributed by atoms with van der Waals surface area (Å²) in [6, 6.07) is 13.6. The number of carbonyl (C=O) groups is 1. The van der Waals surface area contributed by atoms with Crippen molar-refractivity contribution in [3.63, 3.8) is 0 Å². The Hall–Kier alpha value is -3.02. The molecule has 0 unspecified atom stereocenters. The fourth-order valence-electron chi connectivity index (χ4n) is 2.21. The Kier molecular flexibility index (Phi) is 4.65. The second-order valence-electron chi connectivity index (χ2n) is 5.24. The van der Waals surface area contributed by atoms with Crippen LogP contribution < -0.4 is 5.32 Å². The molecule has 0 radical (unpaired) electrons. The third-order valence-electron chi connectivity index (χ3n) is 3.44. The average Bonchev–Trinajstić information content (AvgIpc) is 3.03. The van der Waals surface area contributed by atoms with E-state index in [1.807, 2.05) is 0 Å². The van der Waals surface area contributed by atoms with Gasteiger partial charge in [0.15, 0.2) is 5.76 Å². The molecular weight excluding hydrogens is 314 g/mol. The lowest BCUT2D eigenvalue weighted by molar-refractivity contribution is -0.120. The topological polar surface area (TPSA) is 55.1 Å². The first-order valence-corrected chi connectivity index (χ1v) is 7.33. The number of carbonyl (C=O) groups excluding carboxylic acids is 1. The molecule has 2 aromatic carbocycles. The molecule has 0 aliphatic heterocycles. The van der Waals surface area contributed by atoms with Gasteiger partial charge in [-0.2, -0.15) is 0 Å². The summed E-state index contributed by atoms with van der Waals surface area (Å²) in [7, 11) is 0. The Bertz CT molecular complexity index is 844. The van der Waals surface area contributed by atoms with Gasteiger partial charge in [0.05, 0.1) is 17.7 Å². The maximum atomic E-state index is 13.7. The van der Waals surface area contributed by atoms with Gasteiger partial charge in [-0.15, -0.1) is 0 Å². The number of hydrogen-bond acceptors (Lipinski definition) is 3. The maximum Gasteiger partial charge on any atom is 0.226 e. The molecule has 3 aromatic rings. The van der Waals surface area contributed by atoms with Gasteiger partial charge in [0.2, 0.25) is 5.91 Å². The van der Waals surface area contributed by atoms with E-state index < -0.39 is 5.82 Å². The van der Waals surface area contributed by atoms with Crippen molar-refractivity contribution < 1.29 is 18.1 Å². The minimum absolute atomic E-state index is 0.0130. The number of nitrogens with one attached hydrogen (secondary N) is 1. The van der Waals surface area contributed by atoms with Crippen LogP contribution in [0.5, 0.6) is 0 Å². The molecule has 1 N–H and O–H groups in total. The molecule has 6 heteroatoms. The predicted molar refractivity (Wildman–Crippen MR) is 83.8 cm³/mol. The predicted octanol–water partition coefficient (Wildman–Crippen LogP) is 3.48. The molecule has 24 heavy (non-hydrogen) atoms. The van der Waals surface area contributed by atoms with Crippen LogP contribution >= 0.6 is 0 Å². The molecule has 0 atom stereocenters. The molecule has 1 heterocycles. The van der Waals surface area contributed by atoms with E-state index >= 15 is 0 Å². The molecule has 0 saturated carbocycles. The number of rotatable bonds is 5. The summed E-state index contributed by atoms with van der Waals surface area (Å²) in [5.74, 6) is -0.726. The minimum atomic E-state index is -0.416. The summed E-state index contributed by atoms with van der Waals surface area (Å²) in [6.07, 6.45) is 0.0130. The first-order chi connectivity index (χ1) is 11.6. The standard InChI is InChI=1S/C18H14F2N2O2/c19-13-7-5-12(6-8-13)11-21-18(23)10-14-9-17(24-22-14)15-3-1-2-4-16(15)20/h1-9H,10-11H2,(H,21,23). The quantitative estimate of drug-likeness (QED) is 0.780. The van der Waals surface area contributed by atoms with E-state index in [0.29, 0.717) is 11.3 Å². The monoisotopic (exact) mass is 328 g/mol. The van der Waals surface area contributed by atoms with E-state index in [2.05, 4.69) is 10.5 Å². The fourth-order valence-corrected chi connectivity index (χ4v) is 2.21. The van der Waals surface area contributed by atoms with E-state index in [1.165, 1.54) is 24.3 Å². The first kappa shape index (κ1) is 15.9. The zero-order chi connectivity index (χ0) is 16.9. The second kappa shape index (κ2) is 7.04. The molecule has 1 amide bonds. The Morgan fingerprint density at radius 3 is 2.58 bits per heavy atom. The molecule has 0 aliphatic rings. The number of aromatic nitrogens is 1. The van der Waals surface area contributed by atoms with Crippen molar-refractivity contribution in [2.24, 2.45) is 0 Å². The highest BCUT2D eigenvalue weighted by atomic mass is 19.1. The lowest BCUT2D eigenvalue weighted by atomic mass is 10.1. The maximum absolute atomic E-state index is 13.7. The van der Waals surface area contributed by atoms with Crippen LogP contribution in [0.2, 0.25) is 0 Å². The molecule has 3 rings (SSSR count). The van der Waals surface area contributed by atoms with E-state index in [0.717, 1.165) is 5.56 Å². The van der Waals surface area contributed by atoms with Crippen LogP contribution in [0.4, 0.5) is 8.78 Å². The number of hydrogen-bond donors (Lipinski definition) is 1. The van der Waals surface area contributed by atoms with E-state index in [9.17, 15) is 13.6 Å². The molecule has 4 nitrogen and oxygen atoms in total. The summed E-state index contributed by atoms with van der Waals surface area (Å²) < 4.78 is 31.6. The normalized spacial score (nSPS) is 10.6. The zero-order valence-electron chi connectivity index (χ0n) is 12.6. The summed E-state index contributed by atoms with van der Waals surface area (Å²) in [4.78, 5) is 11.9. The van der Waals surface area contributed by atoms with E-state index in [1.54, 1.807) is 30.3 Å². The van der Waals surface area contributed by atoms with Crippen LogP contribution in [0.1, 0.15) is 11.3 Å². The van der Waals surface area contributed by atoms with Gasteiger partial charge in [-0.3, -0.25) is 4.79 Å². The number of halogens is 2. The van der Waals surface area contributed by atoms with Gasteiger partial charge in [-0.1, -0.05) is 29.4 Å². The summed E-state index contributed by atoms with van der Waals surface area (Å²) in [6.45, 7) is 0.289. The van der Waals surface area contributed by atoms with Gasteiger partial charge in [0.1, 0.15) is 11.6 Å². The zero-order valence-corrected chi connectivity index (χ0v) is 12.6. The highest BCUT2D eigenvalue weighted by Gasteiger charge is 2.13. The second-order valence-corrected chi connectivity index (χ2v) is 5.24. The van der Waals surface area contributed by atoms with Crippen LogP contribution in [-0.2, 0) is 17.8 Å². The highest BCUT2D eigenvalue weighted by Crippen LogP contribution is 2.23. The third-order valence-corrected chi connectivity index (χ3v) is 3.44. The number of nitrogens with zero attached hydrogens (tertiary/aromatic N) is 1. The summed E-state index contributed by atoms with van der Waals surface area (Å²) >= 11 is 0. The first-order valence-electron chi connectivity index (χ1n) is 7.33. The number of amides is 1. The summed E-state index contributed by atoms with van der Waals surface area (Å²) in [5.41, 5.74) is 1.49.